The molecule has 0 saturated carbocycles. The van der Waals surface area contributed by atoms with Gasteiger partial charge in [0, 0.05) is 16.8 Å². The molecule has 0 radical (unpaired) electrons. The van der Waals surface area contributed by atoms with Gasteiger partial charge < -0.3 is 14.8 Å². The largest absolute Gasteiger partial charge is 0.493 e. The molecule has 154 valence electrons. The van der Waals surface area contributed by atoms with Crippen LogP contribution in [0.5, 0.6) is 11.5 Å². The molecule has 0 heterocycles. The zero-order chi connectivity index (χ0) is 21.5. The van der Waals surface area contributed by atoms with Crippen LogP contribution in [0.1, 0.15) is 22.3 Å². The maximum Gasteiger partial charge on any atom is 0.248 e. The van der Waals surface area contributed by atoms with Crippen molar-refractivity contribution in [2.75, 3.05) is 12.4 Å². The first-order valence-corrected chi connectivity index (χ1v) is 9.94. The number of nitrogens with one attached hydrogen (secondary N) is 1. The molecule has 30 heavy (non-hydrogen) atoms. The Labute approximate surface area is 182 Å². The van der Waals surface area contributed by atoms with Gasteiger partial charge in [0.15, 0.2) is 11.5 Å². The number of rotatable bonds is 7. The van der Waals surface area contributed by atoms with Gasteiger partial charge in [-0.1, -0.05) is 48.0 Å². The molecule has 0 aliphatic heterocycles. The van der Waals surface area contributed by atoms with Crippen molar-refractivity contribution in [2.45, 2.75) is 20.5 Å². The summed E-state index contributed by atoms with van der Waals surface area (Å²) in [6, 6.07) is 19.0. The summed E-state index contributed by atoms with van der Waals surface area (Å²) in [6.07, 6.45) is 3.20. The van der Waals surface area contributed by atoms with E-state index in [1.807, 2.05) is 49.4 Å². The third kappa shape index (κ3) is 5.65. The topological polar surface area (TPSA) is 47.6 Å². The molecule has 0 atom stereocenters. The monoisotopic (exact) mass is 421 g/mol. The molecular weight excluding hydrogens is 398 g/mol. The van der Waals surface area contributed by atoms with Crippen molar-refractivity contribution in [2.24, 2.45) is 0 Å². The van der Waals surface area contributed by atoms with Crippen LogP contribution >= 0.6 is 11.6 Å². The van der Waals surface area contributed by atoms with Gasteiger partial charge in [-0.05, 0) is 66.4 Å². The van der Waals surface area contributed by atoms with Crippen molar-refractivity contribution in [3.8, 4) is 11.5 Å². The highest BCUT2D eigenvalue weighted by atomic mass is 35.5. The summed E-state index contributed by atoms with van der Waals surface area (Å²) < 4.78 is 11.4. The van der Waals surface area contributed by atoms with Crippen molar-refractivity contribution in [1.29, 1.82) is 0 Å². The maximum atomic E-state index is 12.3. The van der Waals surface area contributed by atoms with Crippen LogP contribution in [-0.2, 0) is 11.4 Å². The number of anilines is 1. The number of carbonyl (C=O) groups excluding carboxylic acids is 1. The first kappa shape index (κ1) is 21.5. The van der Waals surface area contributed by atoms with Crippen LogP contribution in [0.15, 0.2) is 66.7 Å². The van der Waals surface area contributed by atoms with Gasteiger partial charge in [-0.25, -0.2) is 0 Å². The minimum atomic E-state index is -0.237. The number of halogens is 1. The second-order valence-electron chi connectivity index (χ2n) is 6.91. The molecule has 3 aromatic rings. The van der Waals surface area contributed by atoms with Crippen LogP contribution in [0, 0.1) is 13.8 Å². The van der Waals surface area contributed by atoms with Gasteiger partial charge in [0.05, 0.1) is 7.11 Å². The minimum absolute atomic E-state index is 0.237. The maximum absolute atomic E-state index is 12.3. The quantitative estimate of drug-likeness (QED) is 0.462. The Morgan fingerprint density at radius 2 is 1.80 bits per heavy atom. The fraction of sp³-hybridized carbons (Fsp3) is 0.160. The second-order valence-corrected chi connectivity index (χ2v) is 7.34. The van der Waals surface area contributed by atoms with E-state index in [0.29, 0.717) is 28.8 Å². The molecule has 1 N–H and O–H groups in total. The van der Waals surface area contributed by atoms with E-state index in [-0.39, 0.29) is 5.91 Å². The van der Waals surface area contributed by atoms with Crippen molar-refractivity contribution >= 4 is 29.3 Å². The van der Waals surface area contributed by atoms with Crippen LogP contribution in [0.4, 0.5) is 5.69 Å². The van der Waals surface area contributed by atoms with Crippen molar-refractivity contribution in [3.63, 3.8) is 0 Å². The van der Waals surface area contributed by atoms with Crippen molar-refractivity contribution in [1.82, 2.24) is 0 Å². The van der Waals surface area contributed by atoms with Crippen LogP contribution in [0.2, 0.25) is 5.02 Å². The van der Waals surface area contributed by atoms with Gasteiger partial charge in [0.1, 0.15) is 6.61 Å². The lowest BCUT2D eigenvalue weighted by Gasteiger charge is -2.12. The molecule has 0 fully saturated rings. The molecule has 0 bridgehead atoms. The van der Waals surface area contributed by atoms with E-state index in [1.54, 1.807) is 25.3 Å². The Kier molecular flexibility index (Phi) is 7.15. The van der Waals surface area contributed by atoms with Gasteiger partial charge >= 0.3 is 0 Å². The summed E-state index contributed by atoms with van der Waals surface area (Å²) in [5.74, 6) is 1.02. The SMILES string of the molecule is COc1cc(/C=C/C(=O)Nc2cc(Cl)ccc2C)ccc1OCc1ccccc1C. The van der Waals surface area contributed by atoms with E-state index in [9.17, 15) is 4.79 Å². The molecule has 0 unspecified atom stereocenters. The summed E-state index contributed by atoms with van der Waals surface area (Å²) >= 11 is 6.00. The van der Waals surface area contributed by atoms with E-state index in [0.717, 1.165) is 16.7 Å². The van der Waals surface area contributed by atoms with E-state index in [4.69, 9.17) is 21.1 Å². The summed E-state index contributed by atoms with van der Waals surface area (Å²) in [7, 11) is 1.60. The highest BCUT2D eigenvalue weighted by Crippen LogP contribution is 2.29. The molecule has 3 rings (SSSR count). The zero-order valence-corrected chi connectivity index (χ0v) is 18.0. The Hall–Kier alpha value is -3.24. The third-order valence-corrected chi connectivity index (χ3v) is 4.95. The number of amides is 1. The molecule has 0 saturated heterocycles. The summed E-state index contributed by atoms with van der Waals surface area (Å²) in [5, 5.41) is 3.41. The normalized spacial score (nSPS) is 10.8. The lowest BCUT2D eigenvalue weighted by molar-refractivity contribution is -0.111. The highest BCUT2D eigenvalue weighted by Gasteiger charge is 2.07. The minimum Gasteiger partial charge on any atom is -0.493 e. The third-order valence-electron chi connectivity index (χ3n) is 4.72. The second kappa shape index (κ2) is 9.99. The van der Waals surface area contributed by atoms with Crippen molar-refractivity contribution < 1.29 is 14.3 Å². The average molecular weight is 422 g/mol. The van der Waals surface area contributed by atoms with Crippen molar-refractivity contribution in [3.05, 3.63) is 94.0 Å². The zero-order valence-electron chi connectivity index (χ0n) is 17.2. The highest BCUT2D eigenvalue weighted by molar-refractivity contribution is 6.31. The summed E-state index contributed by atoms with van der Waals surface area (Å²) in [4.78, 5) is 12.3. The lowest BCUT2D eigenvalue weighted by atomic mass is 10.1. The van der Waals surface area contributed by atoms with E-state index < -0.39 is 0 Å². The number of hydrogen-bond donors (Lipinski definition) is 1. The van der Waals surface area contributed by atoms with Gasteiger partial charge in [0.2, 0.25) is 5.91 Å². The first-order valence-electron chi connectivity index (χ1n) is 9.57. The number of hydrogen-bond acceptors (Lipinski definition) is 3. The van der Waals surface area contributed by atoms with Gasteiger partial charge in [-0.15, -0.1) is 0 Å². The smallest absolute Gasteiger partial charge is 0.248 e. The molecule has 3 aromatic carbocycles. The van der Waals surface area contributed by atoms with Crippen LogP contribution < -0.4 is 14.8 Å². The summed E-state index contributed by atoms with van der Waals surface area (Å²) in [6.45, 7) is 4.43. The van der Waals surface area contributed by atoms with Gasteiger partial charge in [-0.3, -0.25) is 4.79 Å². The van der Waals surface area contributed by atoms with Crippen LogP contribution in [0.3, 0.4) is 0 Å². The molecule has 4 nitrogen and oxygen atoms in total. The van der Waals surface area contributed by atoms with E-state index >= 15 is 0 Å². The average Bonchev–Trinajstić information content (AvgIpc) is 2.74. The van der Waals surface area contributed by atoms with E-state index in [1.165, 1.54) is 11.6 Å². The molecule has 0 aromatic heterocycles. The number of methoxy groups -OCH3 is 1. The number of carbonyl (C=O) groups is 1. The van der Waals surface area contributed by atoms with Crippen LogP contribution in [0.25, 0.3) is 6.08 Å². The molecule has 0 spiro atoms. The Bertz CT molecular complexity index is 1080. The molecular formula is C25H24ClNO3. The van der Waals surface area contributed by atoms with Gasteiger partial charge in [0.25, 0.3) is 0 Å². The standard InChI is InChI=1S/C25H24ClNO3/c1-17-6-4-5-7-20(17)16-30-23-12-9-19(14-24(23)29-3)10-13-25(28)27-22-15-21(26)11-8-18(22)2/h4-15H,16H2,1-3H3,(H,27,28)/b13-10+. The molecule has 0 aliphatic carbocycles. The van der Waals surface area contributed by atoms with E-state index in [2.05, 4.69) is 18.3 Å². The Balaban J connectivity index is 1.67. The number of benzene rings is 3. The molecule has 1 amide bonds. The number of ether oxygens (including phenoxy) is 2. The lowest BCUT2D eigenvalue weighted by Crippen LogP contribution is -2.08. The molecule has 0 aliphatic rings. The Morgan fingerprint density at radius 3 is 2.57 bits per heavy atom. The number of aryl methyl sites for hydroxylation is 2. The fourth-order valence-corrected chi connectivity index (χ4v) is 3.08. The fourth-order valence-electron chi connectivity index (χ4n) is 2.91. The van der Waals surface area contributed by atoms with Crippen LogP contribution in [-0.4, -0.2) is 13.0 Å². The predicted molar refractivity (Wildman–Crippen MR) is 122 cm³/mol. The van der Waals surface area contributed by atoms with Gasteiger partial charge in [-0.2, -0.15) is 0 Å². The molecule has 5 heteroatoms. The predicted octanol–water partition coefficient (Wildman–Crippen LogP) is 6.20. The first-order chi connectivity index (χ1) is 14.5. The summed E-state index contributed by atoms with van der Waals surface area (Å²) in [5.41, 5.74) is 4.76. The Morgan fingerprint density at radius 1 is 1.00 bits per heavy atom.